The van der Waals surface area contributed by atoms with Gasteiger partial charge >= 0.3 is 29.6 Å². The summed E-state index contributed by atoms with van der Waals surface area (Å²) >= 11 is -2.02. The Balaban J connectivity index is 0. The zero-order valence-electron chi connectivity index (χ0n) is 10.8. The van der Waals surface area contributed by atoms with Crippen LogP contribution in [0.3, 0.4) is 0 Å². The van der Waals surface area contributed by atoms with Gasteiger partial charge in [-0.15, -0.1) is 0 Å². The van der Waals surface area contributed by atoms with Crippen molar-refractivity contribution in [1.82, 2.24) is 0 Å². The smallest absolute Gasteiger partial charge is 0.772 e. The molecule has 98 valence electrons. The Morgan fingerprint density at radius 3 is 1.88 bits per heavy atom. The monoisotopic (exact) mass is 276 g/mol. The molecule has 0 N–H and O–H groups in total. The first-order valence-corrected chi connectivity index (χ1v) is 6.81. The second kappa shape index (κ2) is 17.0. The Hall–Kier alpha value is 0.990. The zero-order chi connectivity index (χ0) is 12.1. The van der Waals surface area contributed by atoms with Crippen LogP contribution in [0.5, 0.6) is 0 Å². The van der Waals surface area contributed by atoms with Crippen LogP contribution in [0.15, 0.2) is 0 Å². The Labute approximate surface area is 128 Å². The van der Waals surface area contributed by atoms with E-state index in [4.69, 9.17) is 14.2 Å². The molecular formula is C10H21NaO5S. The van der Waals surface area contributed by atoms with Crippen molar-refractivity contribution in [2.75, 3.05) is 45.4 Å². The minimum Gasteiger partial charge on any atom is -0.772 e. The van der Waals surface area contributed by atoms with E-state index >= 15 is 0 Å². The molecule has 0 amide bonds. The summed E-state index contributed by atoms with van der Waals surface area (Å²) in [5, 5.41) is 0. The second-order valence-electron chi connectivity index (χ2n) is 3.20. The van der Waals surface area contributed by atoms with Gasteiger partial charge in [0.2, 0.25) is 0 Å². The third-order valence-corrected chi connectivity index (χ3v) is 2.28. The molecule has 1 unspecified atom stereocenters. The van der Waals surface area contributed by atoms with Crippen LogP contribution in [-0.4, -0.2) is 54.2 Å². The molecule has 7 heteroatoms. The van der Waals surface area contributed by atoms with Gasteiger partial charge in [0.05, 0.1) is 33.0 Å². The molecule has 0 bridgehead atoms. The molecule has 0 rings (SSSR count). The van der Waals surface area contributed by atoms with Crippen LogP contribution in [0.25, 0.3) is 0 Å². The van der Waals surface area contributed by atoms with Gasteiger partial charge in [-0.3, -0.25) is 4.21 Å². The molecule has 0 aromatic heterocycles. The van der Waals surface area contributed by atoms with Gasteiger partial charge in [0, 0.05) is 12.4 Å². The molecule has 0 aliphatic heterocycles. The minimum absolute atomic E-state index is 0. The van der Waals surface area contributed by atoms with Crippen molar-refractivity contribution in [3.63, 3.8) is 0 Å². The number of ether oxygens (including phenoxy) is 3. The van der Waals surface area contributed by atoms with Crippen LogP contribution < -0.4 is 29.6 Å². The van der Waals surface area contributed by atoms with Crippen LogP contribution in [-0.2, 0) is 25.3 Å². The van der Waals surface area contributed by atoms with Gasteiger partial charge in [-0.1, -0.05) is 24.4 Å². The van der Waals surface area contributed by atoms with Crippen LogP contribution in [0.2, 0.25) is 0 Å². The first kappa shape index (κ1) is 20.3. The predicted molar refractivity (Wildman–Crippen MR) is 61.2 cm³/mol. The third kappa shape index (κ3) is 19.5. The maximum Gasteiger partial charge on any atom is 1.00 e. The van der Waals surface area contributed by atoms with Crippen LogP contribution >= 0.6 is 0 Å². The molecule has 0 heterocycles. The SMILES string of the molecule is CCCCOCCOCCOCCS(=O)[O-].[Na+]. The standard InChI is InChI=1S/C10H22O5S.Na/c1-2-3-4-13-5-6-14-7-8-15-9-10-16(11)12;/h2-10H2,1H3,(H,11,12);/q;+1/p-1. The summed E-state index contributed by atoms with van der Waals surface area (Å²) in [6.07, 6.45) is 2.21. The third-order valence-electron chi connectivity index (χ3n) is 1.78. The largest absolute Gasteiger partial charge is 1.00 e. The maximum atomic E-state index is 10.1. The zero-order valence-corrected chi connectivity index (χ0v) is 13.6. The van der Waals surface area contributed by atoms with Crippen molar-refractivity contribution in [2.45, 2.75) is 19.8 Å². The molecule has 0 aliphatic rings. The molecule has 5 nitrogen and oxygen atoms in total. The Morgan fingerprint density at radius 2 is 1.41 bits per heavy atom. The molecule has 0 fully saturated rings. The topological polar surface area (TPSA) is 67.8 Å². The van der Waals surface area contributed by atoms with Crippen molar-refractivity contribution in [2.24, 2.45) is 0 Å². The average molecular weight is 276 g/mol. The van der Waals surface area contributed by atoms with Crippen molar-refractivity contribution in [1.29, 1.82) is 0 Å². The molecule has 1 atom stereocenters. The summed E-state index contributed by atoms with van der Waals surface area (Å²) in [7, 11) is 0. The minimum atomic E-state index is -2.02. The van der Waals surface area contributed by atoms with Crippen LogP contribution in [0, 0.1) is 0 Å². The summed E-state index contributed by atoms with van der Waals surface area (Å²) in [5.74, 6) is 0.0418. The average Bonchev–Trinajstić information content (AvgIpc) is 2.25. The van der Waals surface area contributed by atoms with Gasteiger partial charge in [0.1, 0.15) is 0 Å². The molecule has 0 spiro atoms. The summed E-state index contributed by atoms with van der Waals surface area (Å²) in [5.41, 5.74) is 0. The van der Waals surface area contributed by atoms with Gasteiger partial charge in [-0.2, -0.15) is 0 Å². The van der Waals surface area contributed by atoms with E-state index in [0.717, 1.165) is 19.4 Å². The fraction of sp³-hybridized carbons (Fsp3) is 1.00. The van der Waals surface area contributed by atoms with E-state index in [2.05, 4.69) is 6.92 Å². The summed E-state index contributed by atoms with van der Waals surface area (Å²) in [4.78, 5) is 0. The summed E-state index contributed by atoms with van der Waals surface area (Å²) < 4.78 is 35.8. The van der Waals surface area contributed by atoms with Gasteiger partial charge in [0.25, 0.3) is 0 Å². The van der Waals surface area contributed by atoms with Gasteiger partial charge < -0.3 is 18.8 Å². The normalized spacial score (nSPS) is 12.1. The van der Waals surface area contributed by atoms with Crippen molar-refractivity contribution in [3.8, 4) is 0 Å². The first-order valence-electron chi connectivity index (χ1n) is 5.56. The summed E-state index contributed by atoms with van der Waals surface area (Å²) in [6, 6.07) is 0. The quantitative estimate of drug-likeness (QED) is 0.228. The number of unbranched alkanes of at least 4 members (excludes halogenated alkanes) is 1. The predicted octanol–water partition coefficient (Wildman–Crippen LogP) is -2.28. The first-order chi connectivity index (χ1) is 7.77. The molecule has 0 radical (unpaired) electrons. The van der Waals surface area contributed by atoms with Crippen molar-refractivity contribution >= 4 is 11.1 Å². The van der Waals surface area contributed by atoms with E-state index < -0.39 is 11.1 Å². The molecule has 0 saturated carbocycles. The maximum absolute atomic E-state index is 10.1. The molecule has 0 aromatic carbocycles. The van der Waals surface area contributed by atoms with Crippen LogP contribution in [0.1, 0.15) is 19.8 Å². The van der Waals surface area contributed by atoms with Crippen molar-refractivity contribution in [3.05, 3.63) is 0 Å². The van der Waals surface area contributed by atoms with E-state index in [1.54, 1.807) is 0 Å². The Bertz CT molecular complexity index is 171. The van der Waals surface area contributed by atoms with E-state index in [1.807, 2.05) is 0 Å². The Morgan fingerprint density at radius 1 is 0.941 bits per heavy atom. The van der Waals surface area contributed by atoms with Gasteiger partial charge in [0.15, 0.2) is 0 Å². The molecule has 0 aromatic rings. The number of hydrogen-bond acceptors (Lipinski definition) is 5. The van der Waals surface area contributed by atoms with E-state index in [-0.39, 0.29) is 41.9 Å². The number of hydrogen-bond donors (Lipinski definition) is 0. The van der Waals surface area contributed by atoms with E-state index in [0.29, 0.717) is 26.4 Å². The summed E-state index contributed by atoms with van der Waals surface area (Å²) in [6.45, 7) is 5.18. The van der Waals surface area contributed by atoms with E-state index in [9.17, 15) is 8.76 Å². The fourth-order valence-corrected chi connectivity index (χ4v) is 1.17. The van der Waals surface area contributed by atoms with Gasteiger partial charge in [-0.25, -0.2) is 0 Å². The Kier molecular flexibility index (Phi) is 20.3. The molecular weight excluding hydrogens is 255 g/mol. The molecule has 17 heavy (non-hydrogen) atoms. The number of rotatable bonds is 12. The molecule has 0 aliphatic carbocycles. The second-order valence-corrected chi connectivity index (χ2v) is 4.21. The fourth-order valence-electron chi connectivity index (χ4n) is 0.915. The van der Waals surface area contributed by atoms with Crippen molar-refractivity contribution < 1.29 is 52.5 Å². The van der Waals surface area contributed by atoms with Gasteiger partial charge in [-0.05, 0) is 6.42 Å². The van der Waals surface area contributed by atoms with Crippen LogP contribution in [0.4, 0.5) is 0 Å². The molecule has 0 saturated heterocycles. The van der Waals surface area contributed by atoms with E-state index in [1.165, 1.54) is 0 Å².